The lowest BCUT2D eigenvalue weighted by molar-refractivity contribution is 0.423. The molecule has 0 atom stereocenters. The van der Waals surface area contributed by atoms with Gasteiger partial charge in [-0.1, -0.05) is 25.0 Å². The third-order valence-electron chi connectivity index (χ3n) is 3.39. The molecule has 0 saturated carbocycles. The van der Waals surface area contributed by atoms with Gasteiger partial charge in [0.2, 0.25) is 10.0 Å². The second-order valence-corrected chi connectivity index (χ2v) is 6.85. The molecule has 1 saturated heterocycles. The molecule has 0 spiro atoms. The number of benzene rings is 1. The van der Waals surface area contributed by atoms with E-state index in [2.05, 4.69) is 0 Å². The predicted octanol–water partition coefficient (Wildman–Crippen LogP) is 2.26. The lowest BCUT2D eigenvalue weighted by Gasteiger charge is -2.19. The average Bonchev–Trinajstić information content (AvgIpc) is 2.68. The Bertz CT molecular complexity index is 550. The fraction of sp³-hybridized carbons (Fsp3) is 0.500. The summed E-state index contributed by atoms with van der Waals surface area (Å²) in [5, 5.41) is 8.72. The van der Waals surface area contributed by atoms with E-state index in [1.165, 1.54) is 0 Å². The van der Waals surface area contributed by atoms with E-state index in [9.17, 15) is 8.42 Å². The van der Waals surface area contributed by atoms with Gasteiger partial charge in [-0.15, -0.1) is 0 Å². The van der Waals surface area contributed by atoms with Gasteiger partial charge in [0.15, 0.2) is 0 Å². The number of nitrogens with zero attached hydrogens (tertiary/aromatic N) is 2. The van der Waals surface area contributed by atoms with E-state index < -0.39 is 10.0 Å². The molecule has 0 N–H and O–H groups in total. The standard InChI is InChI=1S/C14H18N2O2S/c15-11-13-5-7-14(8-6-13)12-19(17,18)16-9-3-1-2-4-10-16/h5-8H,1-4,9-10,12H2. The minimum atomic E-state index is -3.23. The molecule has 1 aromatic rings. The summed E-state index contributed by atoms with van der Waals surface area (Å²) in [5.74, 6) is 0.0265. The number of hydrogen-bond acceptors (Lipinski definition) is 3. The van der Waals surface area contributed by atoms with Crippen LogP contribution in [0, 0.1) is 11.3 Å². The van der Waals surface area contributed by atoms with E-state index in [0.717, 1.165) is 31.2 Å². The first-order valence-corrected chi connectivity index (χ1v) is 8.19. The van der Waals surface area contributed by atoms with Crippen molar-refractivity contribution in [3.05, 3.63) is 35.4 Å². The van der Waals surface area contributed by atoms with E-state index in [4.69, 9.17) is 5.26 Å². The smallest absolute Gasteiger partial charge is 0.212 e. The molecule has 0 bridgehead atoms. The van der Waals surface area contributed by atoms with Gasteiger partial charge in [-0.3, -0.25) is 0 Å². The van der Waals surface area contributed by atoms with Gasteiger partial charge < -0.3 is 0 Å². The van der Waals surface area contributed by atoms with Crippen LogP contribution in [0.15, 0.2) is 24.3 Å². The molecule has 0 amide bonds. The summed E-state index contributed by atoms with van der Waals surface area (Å²) in [7, 11) is -3.23. The molecule has 5 heteroatoms. The summed E-state index contributed by atoms with van der Waals surface area (Å²) < 4.78 is 26.3. The lowest BCUT2D eigenvalue weighted by atomic mass is 10.2. The van der Waals surface area contributed by atoms with Crippen LogP contribution in [0.4, 0.5) is 0 Å². The predicted molar refractivity (Wildman–Crippen MR) is 73.8 cm³/mol. The summed E-state index contributed by atoms with van der Waals surface area (Å²) in [4.78, 5) is 0. The van der Waals surface area contributed by atoms with Crippen molar-refractivity contribution in [2.45, 2.75) is 31.4 Å². The molecule has 1 heterocycles. The van der Waals surface area contributed by atoms with E-state index >= 15 is 0 Å². The van der Waals surface area contributed by atoms with Crippen LogP contribution in [0.25, 0.3) is 0 Å². The molecule has 19 heavy (non-hydrogen) atoms. The Morgan fingerprint density at radius 3 is 2.16 bits per heavy atom. The van der Waals surface area contributed by atoms with Crippen LogP contribution >= 0.6 is 0 Å². The minimum Gasteiger partial charge on any atom is -0.212 e. The number of hydrogen-bond donors (Lipinski definition) is 0. The summed E-state index contributed by atoms with van der Waals surface area (Å²) in [6.07, 6.45) is 4.13. The van der Waals surface area contributed by atoms with Crippen LogP contribution in [0.2, 0.25) is 0 Å². The quantitative estimate of drug-likeness (QED) is 0.852. The van der Waals surface area contributed by atoms with Gasteiger partial charge in [0, 0.05) is 13.1 Å². The van der Waals surface area contributed by atoms with Gasteiger partial charge in [0.25, 0.3) is 0 Å². The normalized spacial score (nSPS) is 17.6. The van der Waals surface area contributed by atoms with Crippen LogP contribution in [0.3, 0.4) is 0 Å². The molecule has 4 nitrogen and oxygen atoms in total. The summed E-state index contributed by atoms with van der Waals surface area (Å²) in [5.41, 5.74) is 1.29. The zero-order valence-corrected chi connectivity index (χ0v) is 11.7. The first-order valence-electron chi connectivity index (χ1n) is 6.59. The maximum atomic E-state index is 12.3. The zero-order valence-electron chi connectivity index (χ0n) is 10.9. The maximum Gasteiger partial charge on any atom is 0.218 e. The highest BCUT2D eigenvalue weighted by atomic mass is 32.2. The first-order chi connectivity index (χ1) is 9.12. The molecule has 1 aliphatic rings. The van der Waals surface area contributed by atoms with Crippen molar-refractivity contribution in [1.82, 2.24) is 4.31 Å². The van der Waals surface area contributed by atoms with Crippen LogP contribution in [0.1, 0.15) is 36.8 Å². The van der Waals surface area contributed by atoms with Crippen molar-refractivity contribution in [2.24, 2.45) is 0 Å². The highest BCUT2D eigenvalue weighted by Gasteiger charge is 2.23. The zero-order chi connectivity index (χ0) is 13.7. The third kappa shape index (κ3) is 3.79. The molecular weight excluding hydrogens is 260 g/mol. The number of rotatable bonds is 3. The molecule has 1 fully saturated rings. The van der Waals surface area contributed by atoms with Crippen molar-refractivity contribution in [1.29, 1.82) is 5.26 Å². The lowest BCUT2D eigenvalue weighted by Crippen LogP contribution is -2.32. The monoisotopic (exact) mass is 278 g/mol. The van der Waals surface area contributed by atoms with Crippen molar-refractivity contribution in [3.63, 3.8) is 0 Å². The van der Waals surface area contributed by atoms with Crippen molar-refractivity contribution < 1.29 is 8.42 Å². The van der Waals surface area contributed by atoms with Crippen molar-refractivity contribution in [2.75, 3.05) is 13.1 Å². The van der Waals surface area contributed by atoms with Gasteiger partial charge in [0.1, 0.15) is 0 Å². The molecule has 0 aromatic heterocycles. The fourth-order valence-electron chi connectivity index (χ4n) is 2.30. The fourth-order valence-corrected chi connectivity index (χ4v) is 3.91. The van der Waals surface area contributed by atoms with Gasteiger partial charge in [0.05, 0.1) is 17.4 Å². The Morgan fingerprint density at radius 2 is 1.63 bits per heavy atom. The Morgan fingerprint density at radius 1 is 1.05 bits per heavy atom. The van der Waals surface area contributed by atoms with E-state index in [0.29, 0.717) is 18.7 Å². The van der Waals surface area contributed by atoms with Crippen LogP contribution in [0.5, 0.6) is 0 Å². The third-order valence-corrected chi connectivity index (χ3v) is 5.24. The van der Waals surface area contributed by atoms with Gasteiger partial charge in [-0.2, -0.15) is 5.26 Å². The van der Waals surface area contributed by atoms with Crippen molar-refractivity contribution >= 4 is 10.0 Å². The molecule has 102 valence electrons. The largest absolute Gasteiger partial charge is 0.218 e. The Hall–Kier alpha value is -1.38. The van der Waals surface area contributed by atoms with Crippen molar-refractivity contribution in [3.8, 4) is 6.07 Å². The Balaban J connectivity index is 2.09. The summed E-state index contributed by atoms with van der Waals surface area (Å²) in [6, 6.07) is 8.78. The maximum absolute atomic E-state index is 12.3. The number of nitriles is 1. The van der Waals surface area contributed by atoms with E-state index in [1.54, 1.807) is 28.6 Å². The van der Waals surface area contributed by atoms with Gasteiger partial charge in [-0.25, -0.2) is 12.7 Å². The first kappa shape index (κ1) is 14.0. The molecule has 1 aromatic carbocycles. The second-order valence-electron chi connectivity index (χ2n) is 4.88. The molecule has 0 radical (unpaired) electrons. The van der Waals surface area contributed by atoms with E-state index in [1.807, 2.05) is 6.07 Å². The summed E-state index contributed by atoms with van der Waals surface area (Å²) >= 11 is 0. The van der Waals surface area contributed by atoms with Gasteiger partial charge >= 0.3 is 0 Å². The molecule has 1 aliphatic heterocycles. The van der Waals surface area contributed by atoms with Crippen LogP contribution in [-0.4, -0.2) is 25.8 Å². The summed E-state index contributed by atoms with van der Waals surface area (Å²) in [6.45, 7) is 1.28. The molecular formula is C14H18N2O2S. The molecule has 0 unspecified atom stereocenters. The topological polar surface area (TPSA) is 61.2 Å². The van der Waals surface area contributed by atoms with Crippen LogP contribution < -0.4 is 0 Å². The Labute approximate surface area is 114 Å². The average molecular weight is 278 g/mol. The Kier molecular flexibility index (Phi) is 4.56. The van der Waals surface area contributed by atoms with E-state index in [-0.39, 0.29) is 5.75 Å². The minimum absolute atomic E-state index is 0.0265. The number of sulfonamides is 1. The second kappa shape index (κ2) is 6.18. The highest BCUT2D eigenvalue weighted by Crippen LogP contribution is 2.17. The molecule has 0 aliphatic carbocycles. The van der Waals surface area contributed by atoms with Crippen LogP contribution in [-0.2, 0) is 15.8 Å². The highest BCUT2D eigenvalue weighted by molar-refractivity contribution is 7.88. The van der Waals surface area contributed by atoms with Gasteiger partial charge in [-0.05, 0) is 30.5 Å². The SMILES string of the molecule is N#Cc1ccc(CS(=O)(=O)N2CCCCCC2)cc1. The molecule has 2 rings (SSSR count).